The van der Waals surface area contributed by atoms with Crippen molar-refractivity contribution in [3.8, 4) is 17.2 Å². The lowest BCUT2D eigenvalue weighted by Gasteiger charge is -2.37. The number of fused-ring (bicyclic) bond motifs is 4. The van der Waals surface area contributed by atoms with Crippen molar-refractivity contribution < 1.29 is 33.6 Å². The summed E-state index contributed by atoms with van der Waals surface area (Å²) in [7, 11) is 0. The average Bonchev–Trinajstić information content (AvgIpc) is 3.46. The molecule has 3 heterocycles. The number of aliphatic hydroxyl groups excluding tert-OH is 1. The van der Waals surface area contributed by atoms with Gasteiger partial charge in [0.2, 0.25) is 12.7 Å². The first kappa shape index (κ1) is 22.5. The van der Waals surface area contributed by atoms with Gasteiger partial charge in [0.25, 0.3) is 5.91 Å². The van der Waals surface area contributed by atoms with E-state index >= 15 is 0 Å². The van der Waals surface area contributed by atoms with E-state index in [1.165, 1.54) is 0 Å². The number of carbonyl (C=O) groups excluding carboxylic acids is 2. The van der Waals surface area contributed by atoms with Gasteiger partial charge in [0, 0.05) is 29.3 Å². The van der Waals surface area contributed by atoms with Crippen molar-refractivity contribution in [2.75, 3.05) is 25.3 Å². The summed E-state index contributed by atoms with van der Waals surface area (Å²) in [6.45, 7) is 2.57. The second-order valence-corrected chi connectivity index (χ2v) is 8.73. The molecule has 1 saturated heterocycles. The molecule has 2 amide bonds. The van der Waals surface area contributed by atoms with Gasteiger partial charge < -0.3 is 34.7 Å². The Bertz CT molecular complexity index is 1090. The second-order valence-electron chi connectivity index (χ2n) is 8.73. The van der Waals surface area contributed by atoms with E-state index in [9.17, 15) is 14.7 Å². The summed E-state index contributed by atoms with van der Waals surface area (Å²) < 4.78 is 22.8. The molecule has 0 bridgehead atoms. The Kier molecular flexibility index (Phi) is 6.30. The first-order chi connectivity index (χ1) is 16.6. The lowest BCUT2D eigenvalue weighted by Crippen LogP contribution is -2.47. The van der Waals surface area contributed by atoms with Crippen LogP contribution in [-0.4, -0.2) is 55.2 Å². The molecule has 9 nitrogen and oxygen atoms in total. The highest BCUT2D eigenvalue weighted by Crippen LogP contribution is 2.47. The third kappa shape index (κ3) is 4.41. The van der Waals surface area contributed by atoms with Crippen molar-refractivity contribution in [3.05, 3.63) is 47.5 Å². The second kappa shape index (κ2) is 9.52. The minimum absolute atomic E-state index is 0.0488. The topological polar surface area (TPSA) is 115 Å². The van der Waals surface area contributed by atoms with Crippen LogP contribution in [0.2, 0.25) is 0 Å². The van der Waals surface area contributed by atoms with Gasteiger partial charge in [-0.05, 0) is 49.2 Å². The number of anilines is 1. The van der Waals surface area contributed by atoms with E-state index in [2.05, 4.69) is 10.6 Å². The van der Waals surface area contributed by atoms with Gasteiger partial charge in [-0.3, -0.25) is 9.59 Å². The highest BCUT2D eigenvalue weighted by molar-refractivity contribution is 6.04. The summed E-state index contributed by atoms with van der Waals surface area (Å²) in [5, 5.41) is 15.7. The van der Waals surface area contributed by atoms with Crippen LogP contribution in [0, 0.1) is 0 Å². The summed E-state index contributed by atoms with van der Waals surface area (Å²) >= 11 is 0. The number of amides is 2. The average molecular weight is 469 g/mol. The maximum atomic E-state index is 12.8. The Labute approximate surface area is 197 Å². The highest BCUT2D eigenvalue weighted by atomic mass is 16.7. The molecular weight excluding hydrogens is 440 g/mol. The molecule has 5 rings (SSSR count). The third-order valence-corrected chi connectivity index (χ3v) is 6.38. The van der Waals surface area contributed by atoms with Gasteiger partial charge in [-0.1, -0.05) is 6.92 Å². The molecule has 3 aliphatic heterocycles. The molecule has 0 radical (unpaired) electrons. The zero-order chi connectivity index (χ0) is 23.7. The fourth-order valence-electron chi connectivity index (χ4n) is 4.75. The van der Waals surface area contributed by atoms with Crippen molar-refractivity contribution in [1.82, 2.24) is 5.32 Å². The molecule has 180 valence electrons. The predicted octanol–water partition coefficient (Wildman–Crippen LogP) is 2.58. The number of aliphatic hydroxyl groups is 1. The molecule has 34 heavy (non-hydrogen) atoms. The fraction of sp³-hybridized carbons (Fsp3) is 0.440. The molecule has 3 aliphatic rings. The molecule has 1 fully saturated rings. The smallest absolute Gasteiger partial charge is 0.255 e. The Morgan fingerprint density at radius 1 is 1.09 bits per heavy atom. The van der Waals surface area contributed by atoms with E-state index in [4.69, 9.17) is 18.9 Å². The van der Waals surface area contributed by atoms with E-state index in [1.54, 1.807) is 24.3 Å². The van der Waals surface area contributed by atoms with Crippen LogP contribution in [0.4, 0.5) is 5.69 Å². The Hall–Kier alpha value is -3.30. The summed E-state index contributed by atoms with van der Waals surface area (Å²) in [5.74, 6) is 1.49. The first-order valence-electron chi connectivity index (χ1n) is 11.6. The van der Waals surface area contributed by atoms with Gasteiger partial charge >= 0.3 is 0 Å². The molecule has 0 saturated carbocycles. The van der Waals surface area contributed by atoms with Crippen LogP contribution < -0.4 is 24.8 Å². The molecular formula is C25H28N2O7. The number of hydrogen-bond donors (Lipinski definition) is 3. The first-order valence-corrected chi connectivity index (χ1v) is 11.6. The Balaban J connectivity index is 1.31. The molecule has 3 N–H and O–H groups in total. The van der Waals surface area contributed by atoms with Crippen molar-refractivity contribution >= 4 is 17.5 Å². The van der Waals surface area contributed by atoms with Crippen LogP contribution in [0.5, 0.6) is 17.2 Å². The van der Waals surface area contributed by atoms with E-state index in [-0.39, 0.29) is 49.8 Å². The molecule has 0 unspecified atom stereocenters. The summed E-state index contributed by atoms with van der Waals surface area (Å²) in [5.41, 5.74) is 2.03. The fourth-order valence-corrected chi connectivity index (χ4v) is 4.75. The quantitative estimate of drug-likeness (QED) is 0.572. The van der Waals surface area contributed by atoms with Crippen molar-refractivity contribution in [2.45, 2.75) is 50.4 Å². The largest absolute Gasteiger partial charge is 0.487 e. The van der Waals surface area contributed by atoms with Gasteiger partial charge in [0.05, 0.1) is 19.1 Å². The minimum atomic E-state index is -0.526. The zero-order valence-corrected chi connectivity index (χ0v) is 18.9. The molecule has 9 heteroatoms. The maximum Gasteiger partial charge on any atom is 0.255 e. The summed E-state index contributed by atoms with van der Waals surface area (Å²) in [4.78, 5) is 25.1. The van der Waals surface area contributed by atoms with Gasteiger partial charge in [0.1, 0.15) is 18.0 Å². The van der Waals surface area contributed by atoms with E-state index in [0.29, 0.717) is 41.5 Å². The van der Waals surface area contributed by atoms with E-state index in [0.717, 1.165) is 12.0 Å². The van der Waals surface area contributed by atoms with Crippen LogP contribution in [-0.2, 0) is 9.53 Å². The lowest BCUT2D eigenvalue weighted by atomic mass is 9.84. The molecule has 2 aromatic rings. The van der Waals surface area contributed by atoms with Crippen LogP contribution in [0.3, 0.4) is 0 Å². The molecule has 0 aliphatic carbocycles. The monoisotopic (exact) mass is 468 g/mol. The van der Waals surface area contributed by atoms with Gasteiger partial charge in [-0.25, -0.2) is 0 Å². The zero-order valence-electron chi connectivity index (χ0n) is 18.9. The van der Waals surface area contributed by atoms with Gasteiger partial charge in [-0.2, -0.15) is 0 Å². The van der Waals surface area contributed by atoms with Crippen molar-refractivity contribution in [2.24, 2.45) is 0 Å². The van der Waals surface area contributed by atoms with Crippen molar-refractivity contribution in [1.29, 1.82) is 0 Å². The van der Waals surface area contributed by atoms with Crippen LogP contribution >= 0.6 is 0 Å². The lowest BCUT2D eigenvalue weighted by molar-refractivity contribution is -0.142. The SMILES string of the molecule is CCCNC(=O)C[C@H]1C[C@H]2c3cc(NC(=O)c4ccc5c(c4)OCO5)ccc3O[C@H]2[C@H](CO)O1. The third-order valence-electron chi connectivity index (χ3n) is 6.38. The minimum Gasteiger partial charge on any atom is -0.487 e. The Morgan fingerprint density at radius 2 is 1.91 bits per heavy atom. The number of carbonyl (C=O) groups is 2. The van der Waals surface area contributed by atoms with Crippen LogP contribution in [0.25, 0.3) is 0 Å². The molecule has 2 aromatic carbocycles. The van der Waals surface area contributed by atoms with Gasteiger partial charge in [0.15, 0.2) is 11.5 Å². The molecule has 0 spiro atoms. The van der Waals surface area contributed by atoms with Crippen LogP contribution in [0.1, 0.15) is 48.0 Å². The number of hydrogen-bond acceptors (Lipinski definition) is 7. The highest BCUT2D eigenvalue weighted by Gasteiger charge is 2.46. The number of benzene rings is 2. The van der Waals surface area contributed by atoms with Crippen molar-refractivity contribution in [3.63, 3.8) is 0 Å². The standard InChI is InChI=1S/C25H28N2O7/c1-2-7-26-23(29)11-16-10-18-17-9-15(4-6-19(17)34-24(18)22(12-28)33-16)27-25(30)14-3-5-20-21(8-14)32-13-31-20/h3-6,8-9,16,18,22,24,28H,2,7,10-13H2,1H3,(H,26,29)(H,27,30)/t16-,18+,22+,24-/m1/s1. The molecule has 0 aromatic heterocycles. The summed E-state index contributed by atoms with van der Waals surface area (Å²) in [6.07, 6.45) is 0.500. The van der Waals surface area contributed by atoms with E-state index < -0.39 is 6.10 Å². The normalized spacial score (nSPS) is 24.1. The summed E-state index contributed by atoms with van der Waals surface area (Å²) in [6, 6.07) is 10.6. The molecule has 4 atom stereocenters. The maximum absolute atomic E-state index is 12.8. The van der Waals surface area contributed by atoms with Gasteiger partial charge in [-0.15, -0.1) is 0 Å². The predicted molar refractivity (Wildman–Crippen MR) is 122 cm³/mol. The van der Waals surface area contributed by atoms with Crippen LogP contribution in [0.15, 0.2) is 36.4 Å². The Morgan fingerprint density at radius 3 is 2.74 bits per heavy atom. The number of ether oxygens (including phenoxy) is 4. The number of nitrogens with one attached hydrogen (secondary N) is 2. The number of rotatable bonds is 7. The van der Waals surface area contributed by atoms with E-state index in [1.807, 2.05) is 19.1 Å².